The Morgan fingerprint density at radius 3 is 2.29 bits per heavy atom. The highest BCUT2D eigenvalue weighted by atomic mass is 35.5. The number of rotatable bonds is 8. The highest BCUT2D eigenvalue weighted by Gasteiger charge is 2.32. The summed E-state index contributed by atoms with van der Waals surface area (Å²) in [6, 6.07) is 10.3. The molecule has 1 N–H and O–H groups in total. The van der Waals surface area contributed by atoms with Crippen LogP contribution < -0.4 is 19.1 Å². The predicted molar refractivity (Wildman–Crippen MR) is 111 cm³/mol. The number of amides is 1. The normalized spacial score (nSPS) is 12.2. The lowest BCUT2D eigenvalue weighted by atomic mass is 10.1. The van der Waals surface area contributed by atoms with E-state index in [9.17, 15) is 13.2 Å². The molecule has 0 bridgehead atoms. The summed E-state index contributed by atoms with van der Waals surface area (Å²) in [6.07, 6.45) is 1.32. The van der Waals surface area contributed by atoms with Crippen molar-refractivity contribution in [1.82, 2.24) is 0 Å². The lowest BCUT2D eigenvalue weighted by Gasteiger charge is -2.30. The second kappa shape index (κ2) is 9.16. The average molecular weight is 427 g/mol. The number of carbonyl (C=O) groups is 1. The minimum Gasteiger partial charge on any atom is -0.497 e. The van der Waals surface area contributed by atoms with Crippen LogP contribution in [0.15, 0.2) is 42.5 Å². The molecule has 0 aliphatic rings. The highest BCUT2D eigenvalue weighted by molar-refractivity contribution is 7.92. The molecule has 1 amide bonds. The van der Waals surface area contributed by atoms with Gasteiger partial charge in [0.25, 0.3) is 0 Å². The lowest BCUT2D eigenvalue weighted by molar-refractivity contribution is -0.117. The zero-order valence-electron chi connectivity index (χ0n) is 16.1. The molecule has 152 valence electrons. The smallest absolute Gasteiger partial charge is 0.248 e. The molecule has 0 aromatic heterocycles. The Labute approximate surface area is 170 Å². The zero-order chi connectivity index (χ0) is 20.9. The van der Waals surface area contributed by atoms with Gasteiger partial charge in [-0.05, 0) is 42.8 Å². The minimum absolute atomic E-state index is 0.258. The molecule has 2 aromatic carbocycles. The SMILES string of the molecule is CC[C@@H](C(=O)Nc1cc(OC)ccc1OC)N(c1ccc(Cl)cc1)S(C)(=O)=O. The molecule has 0 heterocycles. The van der Waals surface area contributed by atoms with Gasteiger partial charge in [0.05, 0.1) is 31.9 Å². The van der Waals surface area contributed by atoms with Crippen molar-refractivity contribution in [3.8, 4) is 11.5 Å². The first kappa shape index (κ1) is 21.8. The van der Waals surface area contributed by atoms with Crippen molar-refractivity contribution in [2.24, 2.45) is 0 Å². The van der Waals surface area contributed by atoms with Crippen molar-refractivity contribution < 1.29 is 22.7 Å². The van der Waals surface area contributed by atoms with E-state index in [0.29, 0.717) is 27.9 Å². The first-order valence-electron chi connectivity index (χ1n) is 8.49. The molecule has 7 nitrogen and oxygen atoms in total. The molecule has 0 radical (unpaired) electrons. The number of methoxy groups -OCH3 is 2. The van der Waals surface area contributed by atoms with E-state index in [1.807, 2.05) is 0 Å². The Kier molecular flexibility index (Phi) is 7.15. The molecule has 2 aromatic rings. The molecule has 2 rings (SSSR count). The molecule has 0 aliphatic heterocycles. The van der Waals surface area contributed by atoms with Crippen LogP contribution in [-0.4, -0.2) is 40.8 Å². The van der Waals surface area contributed by atoms with E-state index >= 15 is 0 Å². The summed E-state index contributed by atoms with van der Waals surface area (Å²) in [7, 11) is -0.749. The third-order valence-electron chi connectivity index (χ3n) is 4.08. The van der Waals surface area contributed by atoms with Crippen molar-refractivity contribution in [1.29, 1.82) is 0 Å². The zero-order valence-corrected chi connectivity index (χ0v) is 17.7. The number of halogens is 1. The van der Waals surface area contributed by atoms with Crippen LogP contribution in [0.2, 0.25) is 5.02 Å². The van der Waals surface area contributed by atoms with E-state index in [0.717, 1.165) is 10.6 Å². The molecule has 28 heavy (non-hydrogen) atoms. The van der Waals surface area contributed by atoms with Gasteiger partial charge in [-0.25, -0.2) is 8.42 Å². The van der Waals surface area contributed by atoms with Crippen LogP contribution in [0.1, 0.15) is 13.3 Å². The van der Waals surface area contributed by atoms with Crippen molar-refractivity contribution >= 4 is 38.9 Å². The van der Waals surface area contributed by atoms with Crippen LogP contribution in [-0.2, 0) is 14.8 Å². The fourth-order valence-electron chi connectivity index (χ4n) is 2.78. The van der Waals surface area contributed by atoms with Gasteiger partial charge in [-0.3, -0.25) is 9.10 Å². The number of ether oxygens (including phenoxy) is 2. The van der Waals surface area contributed by atoms with Crippen molar-refractivity contribution in [2.75, 3.05) is 30.1 Å². The highest BCUT2D eigenvalue weighted by Crippen LogP contribution is 2.30. The number of nitrogens with zero attached hydrogens (tertiary/aromatic N) is 1. The number of carbonyl (C=O) groups excluding carboxylic acids is 1. The Morgan fingerprint density at radius 1 is 1.14 bits per heavy atom. The summed E-state index contributed by atoms with van der Waals surface area (Å²) in [4.78, 5) is 13.0. The van der Waals surface area contributed by atoms with E-state index in [4.69, 9.17) is 21.1 Å². The van der Waals surface area contributed by atoms with Gasteiger partial charge in [-0.15, -0.1) is 0 Å². The summed E-state index contributed by atoms with van der Waals surface area (Å²) in [6.45, 7) is 1.74. The first-order valence-corrected chi connectivity index (χ1v) is 10.7. The number of anilines is 2. The second-order valence-electron chi connectivity index (χ2n) is 6.01. The second-order valence-corrected chi connectivity index (χ2v) is 8.31. The van der Waals surface area contributed by atoms with Crippen LogP contribution in [0.3, 0.4) is 0 Å². The largest absolute Gasteiger partial charge is 0.497 e. The summed E-state index contributed by atoms with van der Waals surface area (Å²) in [5.74, 6) is 0.470. The van der Waals surface area contributed by atoms with Gasteiger partial charge in [0, 0.05) is 11.1 Å². The van der Waals surface area contributed by atoms with E-state index in [1.165, 1.54) is 14.2 Å². The van der Waals surface area contributed by atoms with Crippen LogP contribution in [0.4, 0.5) is 11.4 Å². The summed E-state index contributed by atoms with van der Waals surface area (Å²) < 4.78 is 36.5. The van der Waals surface area contributed by atoms with E-state index in [-0.39, 0.29) is 6.42 Å². The molecule has 0 spiro atoms. The maximum Gasteiger partial charge on any atom is 0.248 e. The molecule has 0 saturated heterocycles. The molecule has 9 heteroatoms. The molecular formula is C19H23ClN2O5S. The van der Waals surface area contributed by atoms with Crippen LogP contribution in [0, 0.1) is 0 Å². The monoisotopic (exact) mass is 426 g/mol. The van der Waals surface area contributed by atoms with Crippen molar-refractivity contribution in [3.05, 3.63) is 47.5 Å². The molecular weight excluding hydrogens is 404 g/mol. The molecule has 0 aliphatic carbocycles. The third-order valence-corrected chi connectivity index (χ3v) is 5.51. The topological polar surface area (TPSA) is 84.9 Å². The van der Waals surface area contributed by atoms with Gasteiger partial charge in [0.2, 0.25) is 15.9 Å². The summed E-state index contributed by atoms with van der Waals surface area (Å²) >= 11 is 5.90. The third kappa shape index (κ3) is 5.08. The molecule has 0 fully saturated rings. The van der Waals surface area contributed by atoms with Crippen molar-refractivity contribution in [2.45, 2.75) is 19.4 Å². The van der Waals surface area contributed by atoms with Gasteiger partial charge in [-0.2, -0.15) is 0 Å². The molecule has 0 unspecified atom stereocenters. The average Bonchev–Trinajstić information content (AvgIpc) is 2.65. The van der Waals surface area contributed by atoms with Gasteiger partial charge >= 0.3 is 0 Å². The Hall–Kier alpha value is -2.45. The Bertz CT molecular complexity index is 932. The van der Waals surface area contributed by atoms with E-state index in [1.54, 1.807) is 49.4 Å². The number of sulfonamides is 1. The summed E-state index contributed by atoms with van der Waals surface area (Å²) in [5, 5.41) is 3.21. The van der Waals surface area contributed by atoms with Gasteiger partial charge in [0.15, 0.2) is 0 Å². The summed E-state index contributed by atoms with van der Waals surface area (Å²) in [5.41, 5.74) is 0.737. The maximum atomic E-state index is 13.0. The van der Waals surface area contributed by atoms with Crippen LogP contribution in [0.5, 0.6) is 11.5 Å². The Morgan fingerprint density at radius 2 is 1.79 bits per heavy atom. The number of hydrogen-bond donors (Lipinski definition) is 1. The Balaban J connectivity index is 2.41. The minimum atomic E-state index is -3.73. The first-order chi connectivity index (χ1) is 13.2. The standard InChI is InChI=1S/C19H23ClN2O5S/c1-5-17(22(28(4,24)25)14-8-6-13(20)7-9-14)19(23)21-16-12-15(26-2)10-11-18(16)27-3/h6-12,17H,5H2,1-4H3,(H,21,23)/t17-/m0/s1. The van der Waals surface area contributed by atoms with E-state index in [2.05, 4.69) is 5.32 Å². The van der Waals surface area contributed by atoms with Crippen LogP contribution >= 0.6 is 11.6 Å². The predicted octanol–water partition coefficient (Wildman–Crippen LogP) is 3.54. The van der Waals surface area contributed by atoms with E-state index < -0.39 is 22.0 Å². The molecule has 0 saturated carbocycles. The van der Waals surface area contributed by atoms with Gasteiger partial charge in [-0.1, -0.05) is 18.5 Å². The maximum absolute atomic E-state index is 13.0. The fraction of sp³-hybridized carbons (Fsp3) is 0.316. The fourth-order valence-corrected chi connectivity index (χ4v) is 4.11. The number of benzene rings is 2. The lowest BCUT2D eigenvalue weighted by Crippen LogP contribution is -2.47. The number of nitrogens with one attached hydrogen (secondary N) is 1. The quantitative estimate of drug-likeness (QED) is 0.697. The van der Waals surface area contributed by atoms with Gasteiger partial charge < -0.3 is 14.8 Å². The van der Waals surface area contributed by atoms with Crippen molar-refractivity contribution in [3.63, 3.8) is 0 Å². The van der Waals surface area contributed by atoms with Gasteiger partial charge in [0.1, 0.15) is 17.5 Å². The molecule has 1 atom stereocenters. The number of hydrogen-bond acceptors (Lipinski definition) is 5. The van der Waals surface area contributed by atoms with Crippen LogP contribution in [0.25, 0.3) is 0 Å².